The Morgan fingerprint density at radius 2 is 2.21 bits per heavy atom. The lowest BCUT2D eigenvalue weighted by Gasteiger charge is -2.09. The van der Waals surface area contributed by atoms with Gasteiger partial charge < -0.3 is 10.1 Å². The van der Waals surface area contributed by atoms with Crippen LogP contribution >= 0.6 is 0 Å². The fourth-order valence-corrected chi connectivity index (χ4v) is 1.16. The molecule has 0 unspecified atom stereocenters. The number of benzene rings is 1. The zero-order valence-corrected chi connectivity index (χ0v) is 8.03. The number of carbonyl (C=O) groups excluding carboxylic acids is 2. The van der Waals surface area contributed by atoms with Gasteiger partial charge in [0.25, 0.3) is 0 Å². The van der Waals surface area contributed by atoms with Crippen molar-refractivity contribution in [2.45, 2.75) is 6.92 Å². The van der Waals surface area contributed by atoms with E-state index in [1.54, 1.807) is 18.2 Å². The summed E-state index contributed by atoms with van der Waals surface area (Å²) in [6, 6.07) is 4.97. The van der Waals surface area contributed by atoms with Crippen LogP contribution in [-0.4, -0.2) is 19.3 Å². The van der Waals surface area contributed by atoms with Gasteiger partial charge in [-0.15, -0.1) is 0 Å². The number of hydrogen-bond donors (Lipinski definition) is 1. The Kier molecular flexibility index (Phi) is 3.23. The normalized spacial score (nSPS) is 9.29. The Labute approximate surface area is 81.9 Å². The maximum Gasteiger partial charge on any atom is 0.221 e. The number of methoxy groups -OCH3 is 1. The van der Waals surface area contributed by atoms with Crippen molar-refractivity contribution in [1.29, 1.82) is 0 Å². The first-order valence-corrected chi connectivity index (χ1v) is 4.08. The van der Waals surface area contributed by atoms with Crippen molar-refractivity contribution < 1.29 is 14.3 Å². The number of nitrogens with one attached hydrogen (secondary N) is 1. The van der Waals surface area contributed by atoms with Crippen molar-refractivity contribution in [3.63, 3.8) is 0 Å². The standard InChI is InChI=1S/C10H11NO3/c1-7(13)11-9-5-3-4-8(6-12)10(9)14-2/h3-6H,1-2H3,(H,11,13). The van der Waals surface area contributed by atoms with E-state index in [-0.39, 0.29) is 5.91 Å². The number of para-hydroxylation sites is 1. The molecule has 0 aromatic heterocycles. The Bertz CT molecular complexity index is 360. The quantitative estimate of drug-likeness (QED) is 0.739. The average molecular weight is 193 g/mol. The maximum absolute atomic E-state index is 10.8. The molecule has 0 aliphatic heterocycles. The van der Waals surface area contributed by atoms with Gasteiger partial charge in [0.05, 0.1) is 18.4 Å². The summed E-state index contributed by atoms with van der Waals surface area (Å²) in [4.78, 5) is 21.5. The second-order valence-electron chi connectivity index (χ2n) is 2.73. The van der Waals surface area contributed by atoms with Crippen LogP contribution in [-0.2, 0) is 4.79 Å². The first kappa shape index (κ1) is 10.2. The molecule has 74 valence electrons. The molecule has 0 aliphatic carbocycles. The summed E-state index contributed by atoms with van der Waals surface area (Å²) in [7, 11) is 1.45. The van der Waals surface area contributed by atoms with Crippen LogP contribution in [0.15, 0.2) is 18.2 Å². The van der Waals surface area contributed by atoms with E-state index in [4.69, 9.17) is 4.74 Å². The fraction of sp³-hybridized carbons (Fsp3) is 0.200. The second kappa shape index (κ2) is 4.41. The Balaban J connectivity index is 3.14. The largest absolute Gasteiger partial charge is 0.494 e. The highest BCUT2D eigenvalue weighted by atomic mass is 16.5. The van der Waals surface area contributed by atoms with Crippen LogP contribution in [0.2, 0.25) is 0 Å². The molecule has 0 fully saturated rings. The summed E-state index contributed by atoms with van der Waals surface area (Å²) in [6.07, 6.45) is 0.685. The number of ether oxygens (including phenoxy) is 1. The van der Waals surface area contributed by atoms with Crippen molar-refractivity contribution in [1.82, 2.24) is 0 Å². The molecule has 0 spiro atoms. The van der Waals surface area contributed by atoms with Gasteiger partial charge in [-0.25, -0.2) is 0 Å². The molecular formula is C10H11NO3. The molecule has 1 aromatic carbocycles. The highest BCUT2D eigenvalue weighted by Crippen LogP contribution is 2.27. The van der Waals surface area contributed by atoms with Crippen LogP contribution in [0.1, 0.15) is 17.3 Å². The first-order chi connectivity index (χ1) is 6.69. The van der Waals surface area contributed by atoms with E-state index in [9.17, 15) is 9.59 Å². The highest BCUT2D eigenvalue weighted by Gasteiger charge is 2.08. The Morgan fingerprint density at radius 1 is 1.50 bits per heavy atom. The molecule has 0 atom stereocenters. The van der Waals surface area contributed by atoms with Gasteiger partial charge in [-0.2, -0.15) is 0 Å². The monoisotopic (exact) mass is 193 g/mol. The lowest BCUT2D eigenvalue weighted by Crippen LogP contribution is -2.07. The third-order valence-electron chi connectivity index (χ3n) is 1.69. The number of rotatable bonds is 3. The van der Waals surface area contributed by atoms with Crippen LogP contribution in [0.5, 0.6) is 5.75 Å². The van der Waals surface area contributed by atoms with Crippen LogP contribution in [0.3, 0.4) is 0 Å². The topological polar surface area (TPSA) is 55.4 Å². The van der Waals surface area contributed by atoms with Gasteiger partial charge in [0, 0.05) is 6.92 Å². The van der Waals surface area contributed by atoms with E-state index in [2.05, 4.69) is 5.32 Å². The van der Waals surface area contributed by atoms with Crippen LogP contribution in [0.4, 0.5) is 5.69 Å². The zero-order chi connectivity index (χ0) is 10.6. The van der Waals surface area contributed by atoms with Gasteiger partial charge >= 0.3 is 0 Å². The predicted molar refractivity (Wildman–Crippen MR) is 52.7 cm³/mol. The number of aldehydes is 1. The molecule has 0 heterocycles. The summed E-state index contributed by atoms with van der Waals surface area (Å²) in [5, 5.41) is 2.58. The smallest absolute Gasteiger partial charge is 0.221 e. The number of hydrogen-bond acceptors (Lipinski definition) is 3. The minimum atomic E-state index is -0.202. The van der Waals surface area contributed by atoms with E-state index >= 15 is 0 Å². The van der Waals surface area contributed by atoms with Gasteiger partial charge in [-0.3, -0.25) is 9.59 Å². The van der Waals surface area contributed by atoms with Crippen LogP contribution < -0.4 is 10.1 Å². The van der Waals surface area contributed by atoms with Gasteiger partial charge in [0.2, 0.25) is 5.91 Å². The van der Waals surface area contributed by atoms with Gasteiger partial charge in [-0.05, 0) is 12.1 Å². The molecule has 4 nitrogen and oxygen atoms in total. The molecule has 4 heteroatoms. The molecule has 14 heavy (non-hydrogen) atoms. The minimum absolute atomic E-state index is 0.202. The Morgan fingerprint density at radius 3 is 2.71 bits per heavy atom. The summed E-state index contributed by atoms with van der Waals surface area (Å²) >= 11 is 0. The third-order valence-corrected chi connectivity index (χ3v) is 1.69. The van der Waals surface area contributed by atoms with E-state index in [0.29, 0.717) is 23.3 Å². The van der Waals surface area contributed by atoms with Crippen molar-refractivity contribution >= 4 is 17.9 Å². The molecule has 0 radical (unpaired) electrons. The predicted octanol–water partition coefficient (Wildman–Crippen LogP) is 1.47. The first-order valence-electron chi connectivity index (χ1n) is 4.08. The average Bonchev–Trinajstić information content (AvgIpc) is 2.16. The lowest BCUT2D eigenvalue weighted by molar-refractivity contribution is -0.114. The Hall–Kier alpha value is -1.84. The summed E-state index contributed by atoms with van der Waals surface area (Å²) in [6.45, 7) is 1.40. The van der Waals surface area contributed by atoms with E-state index in [0.717, 1.165) is 0 Å². The van der Waals surface area contributed by atoms with Crippen molar-refractivity contribution in [3.8, 4) is 5.75 Å². The molecule has 0 aliphatic rings. The van der Waals surface area contributed by atoms with Crippen molar-refractivity contribution in [3.05, 3.63) is 23.8 Å². The summed E-state index contributed by atoms with van der Waals surface area (Å²) < 4.78 is 5.02. The highest BCUT2D eigenvalue weighted by molar-refractivity contribution is 5.93. The van der Waals surface area contributed by atoms with Gasteiger partial charge in [0.15, 0.2) is 12.0 Å². The fourth-order valence-electron chi connectivity index (χ4n) is 1.16. The minimum Gasteiger partial charge on any atom is -0.494 e. The number of amides is 1. The molecule has 1 amide bonds. The summed E-state index contributed by atoms with van der Waals surface area (Å²) in [5.74, 6) is 0.184. The molecule has 1 aromatic rings. The molecule has 1 rings (SSSR count). The molecule has 1 N–H and O–H groups in total. The molecular weight excluding hydrogens is 182 g/mol. The molecule has 0 saturated carbocycles. The van der Waals surface area contributed by atoms with Crippen molar-refractivity contribution in [2.24, 2.45) is 0 Å². The van der Waals surface area contributed by atoms with Gasteiger partial charge in [-0.1, -0.05) is 6.07 Å². The number of carbonyl (C=O) groups is 2. The van der Waals surface area contributed by atoms with E-state index in [1.165, 1.54) is 14.0 Å². The SMILES string of the molecule is COc1c(C=O)cccc1NC(C)=O. The van der Waals surface area contributed by atoms with Crippen LogP contribution in [0.25, 0.3) is 0 Å². The molecule has 0 bridgehead atoms. The van der Waals surface area contributed by atoms with Crippen LogP contribution in [0, 0.1) is 0 Å². The second-order valence-corrected chi connectivity index (χ2v) is 2.73. The van der Waals surface area contributed by atoms with Crippen molar-refractivity contribution in [2.75, 3.05) is 12.4 Å². The molecule has 0 saturated heterocycles. The lowest BCUT2D eigenvalue weighted by atomic mass is 10.2. The summed E-state index contributed by atoms with van der Waals surface area (Å²) in [5.41, 5.74) is 0.920. The van der Waals surface area contributed by atoms with Gasteiger partial charge in [0.1, 0.15) is 0 Å². The number of anilines is 1. The van der Waals surface area contributed by atoms with E-state index in [1.807, 2.05) is 0 Å². The third kappa shape index (κ3) is 2.10. The van der Waals surface area contributed by atoms with E-state index < -0.39 is 0 Å². The zero-order valence-electron chi connectivity index (χ0n) is 8.03. The maximum atomic E-state index is 10.8.